The van der Waals surface area contributed by atoms with Crippen LogP contribution in [0.1, 0.15) is 38.4 Å². The minimum atomic E-state index is 0.339. The van der Waals surface area contributed by atoms with Crippen LogP contribution in [0, 0.1) is 5.92 Å². The molecule has 1 saturated heterocycles. The predicted octanol–water partition coefficient (Wildman–Crippen LogP) is 2.68. The fraction of sp³-hybridized carbons (Fsp3) is 0.786. The van der Waals surface area contributed by atoms with Gasteiger partial charge >= 0.3 is 0 Å². The summed E-state index contributed by atoms with van der Waals surface area (Å²) in [5.74, 6) is 0.747. The van der Waals surface area contributed by atoms with E-state index in [-0.39, 0.29) is 0 Å². The second kappa shape index (κ2) is 7.22. The predicted molar refractivity (Wildman–Crippen MR) is 81.0 cm³/mol. The van der Waals surface area contributed by atoms with Crippen molar-refractivity contribution in [3.8, 4) is 0 Å². The molecule has 1 aromatic rings. The zero-order valence-electron chi connectivity index (χ0n) is 12.2. The smallest absolute Gasteiger partial charge is 0.185 e. The largest absolute Gasteiger partial charge is 0.381 e. The highest BCUT2D eigenvalue weighted by Crippen LogP contribution is 2.25. The highest BCUT2D eigenvalue weighted by Gasteiger charge is 2.18. The molecule has 19 heavy (non-hydrogen) atoms. The van der Waals surface area contributed by atoms with Crippen LogP contribution in [0.2, 0.25) is 0 Å². The van der Waals surface area contributed by atoms with Gasteiger partial charge in [-0.3, -0.25) is 0 Å². The van der Waals surface area contributed by atoms with Gasteiger partial charge in [0.25, 0.3) is 0 Å². The van der Waals surface area contributed by atoms with Crippen LogP contribution in [-0.4, -0.2) is 38.3 Å². The zero-order chi connectivity index (χ0) is 13.7. The van der Waals surface area contributed by atoms with E-state index in [1.165, 1.54) is 12.8 Å². The van der Waals surface area contributed by atoms with Gasteiger partial charge in [0.1, 0.15) is 0 Å². The molecule has 108 valence electrons. The number of aromatic nitrogens is 1. The molecule has 0 bridgehead atoms. The van der Waals surface area contributed by atoms with Crippen LogP contribution in [-0.2, 0) is 4.74 Å². The van der Waals surface area contributed by atoms with Gasteiger partial charge in [-0.1, -0.05) is 6.92 Å². The molecule has 1 aromatic heterocycles. The maximum atomic E-state index is 5.41. The molecule has 0 spiro atoms. The summed E-state index contributed by atoms with van der Waals surface area (Å²) < 4.78 is 5.41. The Bertz CT molecular complexity index is 377. The Balaban J connectivity index is 1.89. The Hall–Kier alpha value is -0.650. The van der Waals surface area contributed by atoms with E-state index in [0.29, 0.717) is 6.04 Å². The minimum Gasteiger partial charge on any atom is -0.381 e. The van der Waals surface area contributed by atoms with Crippen LogP contribution in [0.15, 0.2) is 5.38 Å². The van der Waals surface area contributed by atoms with Crippen molar-refractivity contribution in [3.63, 3.8) is 0 Å². The van der Waals surface area contributed by atoms with E-state index in [2.05, 4.69) is 36.5 Å². The molecule has 0 saturated carbocycles. The van der Waals surface area contributed by atoms with Gasteiger partial charge in [-0.2, -0.15) is 0 Å². The first-order valence-electron chi connectivity index (χ1n) is 7.18. The molecular formula is C14H25N3OS. The number of hydrogen-bond donors (Lipinski definition) is 1. The van der Waals surface area contributed by atoms with Gasteiger partial charge < -0.3 is 15.0 Å². The normalized spacial score (nSPS) is 18.5. The highest BCUT2D eigenvalue weighted by molar-refractivity contribution is 7.13. The number of thiazole rings is 1. The van der Waals surface area contributed by atoms with Crippen molar-refractivity contribution in [1.29, 1.82) is 0 Å². The number of nitrogens with one attached hydrogen (secondary N) is 1. The van der Waals surface area contributed by atoms with E-state index in [1.54, 1.807) is 11.3 Å². The van der Waals surface area contributed by atoms with Gasteiger partial charge in [-0.25, -0.2) is 4.98 Å². The Morgan fingerprint density at radius 1 is 1.53 bits per heavy atom. The molecule has 1 fully saturated rings. The van der Waals surface area contributed by atoms with Gasteiger partial charge in [-0.15, -0.1) is 11.3 Å². The van der Waals surface area contributed by atoms with Crippen LogP contribution < -0.4 is 10.2 Å². The maximum Gasteiger partial charge on any atom is 0.185 e. The van der Waals surface area contributed by atoms with Crippen LogP contribution in [0.3, 0.4) is 0 Å². The topological polar surface area (TPSA) is 37.4 Å². The third-order valence-corrected chi connectivity index (χ3v) is 4.64. The molecule has 0 aliphatic carbocycles. The van der Waals surface area contributed by atoms with Gasteiger partial charge in [0, 0.05) is 38.2 Å². The van der Waals surface area contributed by atoms with E-state index in [0.717, 1.165) is 43.0 Å². The van der Waals surface area contributed by atoms with Crippen molar-refractivity contribution in [2.45, 2.75) is 32.7 Å². The van der Waals surface area contributed by atoms with Crippen LogP contribution >= 0.6 is 11.3 Å². The van der Waals surface area contributed by atoms with Crippen molar-refractivity contribution in [1.82, 2.24) is 10.3 Å². The molecule has 0 amide bonds. The average molecular weight is 283 g/mol. The SMILES string of the molecule is CCNC(C)c1csc(N(C)CC2CCOCC2)n1. The standard InChI is InChI=1S/C14H25N3OS/c1-4-15-11(2)13-10-19-14(16-13)17(3)9-12-5-7-18-8-6-12/h10-12,15H,4-9H2,1-3H3. The Morgan fingerprint density at radius 2 is 2.26 bits per heavy atom. The lowest BCUT2D eigenvalue weighted by atomic mass is 10.0. The molecule has 1 N–H and O–H groups in total. The summed E-state index contributed by atoms with van der Waals surface area (Å²) in [4.78, 5) is 7.04. The van der Waals surface area contributed by atoms with E-state index in [9.17, 15) is 0 Å². The van der Waals surface area contributed by atoms with Gasteiger partial charge in [0.2, 0.25) is 0 Å². The van der Waals surface area contributed by atoms with Crippen molar-refractivity contribution in [3.05, 3.63) is 11.1 Å². The van der Waals surface area contributed by atoms with Crippen molar-refractivity contribution in [2.75, 3.05) is 38.3 Å². The van der Waals surface area contributed by atoms with Crippen LogP contribution in [0.25, 0.3) is 0 Å². The average Bonchev–Trinajstić information content (AvgIpc) is 2.90. The molecule has 2 rings (SSSR count). The number of ether oxygens (including phenoxy) is 1. The number of anilines is 1. The third kappa shape index (κ3) is 4.16. The summed E-state index contributed by atoms with van der Waals surface area (Å²) >= 11 is 1.74. The molecule has 0 aromatic carbocycles. The van der Waals surface area contributed by atoms with Crippen molar-refractivity contribution >= 4 is 16.5 Å². The summed E-state index contributed by atoms with van der Waals surface area (Å²) in [7, 11) is 2.15. The third-order valence-electron chi connectivity index (χ3n) is 3.66. The summed E-state index contributed by atoms with van der Waals surface area (Å²) in [6.45, 7) is 8.19. The Morgan fingerprint density at radius 3 is 2.95 bits per heavy atom. The van der Waals surface area contributed by atoms with Gasteiger partial charge in [0.15, 0.2) is 5.13 Å². The molecule has 1 unspecified atom stereocenters. The lowest BCUT2D eigenvalue weighted by Crippen LogP contribution is -2.29. The van der Waals surface area contributed by atoms with E-state index in [4.69, 9.17) is 9.72 Å². The number of rotatable bonds is 6. The Labute approximate surface area is 120 Å². The second-order valence-corrected chi connectivity index (χ2v) is 6.11. The lowest BCUT2D eigenvalue weighted by molar-refractivity contribution is 0.0685. The molecule has 4 nitrogen and oxygen atoms in total. The zero-order valence-corrected chi connectivity index (χ0v) is 13.0. The first-order valence-corrected chi connectivity index (χ1v) is 8.06. The van der Waals surface area contributed by atoms with Crippen molar-refractivity contribution in [2.24, 2.45) is 5.92 Å². The second-order valence-electron chi connectivity index (χ2n) is 5.27. The molecule has 5 heteroatoms. The van der Waals surface area contributed by atoms with Gasteiger partial charge in [-0.05, 0) is 32.2 Å². The lowest BCUT2D eigenvalue weighted by Gasteiger charge is -2.26. The number of nitrogens with zero attached hydrogens (tertiary/aromatic N) is 2. The van der Waals surface area contributed by atoms with E-state index in [1.807, 2.05) is 0 Å². The summed E-state index contributed by atoms with van der Waals surface area (Å²) in [6, 6.07) is 0.339. The first-order chi connectivity index (χ1) is 9.20. The van der Waals surface area contributed by atoms with Crippen LogP contribution in [0.4, 0.5) is 5.13 Å². The molecule has 1 aliphatic heterocycles. The number of hydrogen-bond acceptors (Lipinski definition) is 5. The molecular weight excluding hydrogens is 258 g/mol. The highest BCUT2D eigenvalue weighted by atomic mass is 32.1. The first kappa shape index (κ1) is 14.8. The van der Waals surface area contributed by atoms with E-state index >= 15 is 0 Å². The van der Waals surface area contributed by atoms with Crippen molar-refractivity contribution < 1.29 is 4.74 Å². The minimum absolute atomic E-state index is 0.339. The molecule has 1 atom stereocenters. The summed E-state index contributed by atoms with van der Waals surface area (Å²) in [5, 5.41) is 6.71. The quantitative estimate of drug-likeness (QED) is 0.871. The molecule has 1 aliphatic rings. The van der Waals surface area contributed by atoms with Gasteiger partial charge in [0.05, 0.1) is 5.69 Å². The monoisotopic (exact) mass is 283 g/mol. The summed E-state index contributed by atoms with van der Waals surface area (Å²) in [5.41, 5.74) is 1.15. The Kier molecular flexibility index (Phi) is 5.60. The fourth-order valence-electron chi connectivity index (χ4n) is 2.46. The van der Waals surface area contributed by atoms with E-state index < -0.39 is 0 Å². The summed E-state index contributed by atoms with van der Waals surface area (Å²) in [6.07, 6.45) is 2.35. The molecule has 2 heterocycles. The fourth-order valence-corrected chi connectivity index (χ4v) is 3.35. The molecule has 0 radical (unpaired) electrons. The maximum absolute atomic E-state index is 5.41. The van der Waals surface area contributed by atoms with Crippen LogP contribution in [0.5, 0.6) is 0 Å².